The molecule has 0 atom stereocenters. The van der Waals surface area contributed by atoms with Gasteiger partial charge in [-0.05, 0) is 25.0 Å². The highest BCUT2D eigenvalue weighted by Crippen LogP contribution is 2.44. The Bertz CT molecular complexity index is 675. The fourth-order valence-electron chi connectivity index (χ4n) is 2.88. The second-order valence-electron chi connectivity index (χ2n) is 5.65. The van der Waals surface area contributed by atoms with Crippen LogP contribution in [0.1, 0.15) is 34.8 Å². The van der Waals surface area contributed by atoms with E-state index in [0.29, 0.717) is 5.82 Å². The number of carbonyl (C=O) groups excluding carboxylic acids is 1. The van der Waals surface area contributed by atoms with E-state index in [2.05, 4.69) is 20.6 Å². The van der Waals surface area contributed by atoms with Gasteiger partial charge in [0.25, 0.3) is 5.91 Å². The monoisotopic (exact) mass is 283 g/mol. The van der Waals surface area contributed by atoms with Crippen molar-refractivity contribution in [3.8, 4) is 0 Å². The first-order valence-corrected chi connectivity index (χ1v) is 7.28. The van der Waals surface area contributed by atoms with E-state index in [1.165, 1.54) is 0 Å². The Morgan fingerprint density at radius 1 is 1.33 bits per heavy atom. The summed E-state index contributed by atoms with van der Waals surface area (Å²) in [4.78, 5) is 21.2. The number of amides is 1. The fourth-order valence-corrected chi connectivity index (χ4v) is 2.88. The number of nitrogens with zero attached hydrogens (tertiary/aromatic N) is 3. The molecule has 0 spiro atoms. The van der Waals surface area contributed by atoms with Gasteiger partial charge >= 0.3 is 0 Å². The van der Waals surface area contributed by atoms with Gasteiger partial charge in [0, 0.05) is 25.8 Å². The van der Waals surface area contributed by atoms with Crippen molar-refractivity contribution >= 4 is 5.91 Å². The van der Waals surface area contributed by atoms with E-state index >= 15 is 0 Å². The molecule has 0 unspecified atom stereocenters. The van der Waals surface area contributed by atoms with Crippen LogP contribution in [0.15, 0.2) is 30.6 Å². The lowest BCUT2D eigenvalue weighted by Gasteiger charge is -2.20. The van der Waals surface area contributed by atoms with Gasteiger partial charge < -0.3 is 15.2 Å². The Labute approximate surface area is 122 Å². The van der Waals surface area contributed by atoms with Crippen LogP contribution in [-0.4, -0.2) is 27.0 Å². The molecule has 108 valence electrons. The zero-order valence-electron chi connectivity index (χ0n) is 11.7. The second-order valence-corrected chi connectivity index (χ2v) is 5.65. The maximum absolute atomic E-state index is 12.6. The molecule has 1 aliphatic heterocycles. The number of pyridine rings is 1. The lowest BCUT2D eigenvalue weighted by molar-refractivity contribution is 0.0913. The highest BCUT2D eigenvalue weighted by molar-refractivity contribution is 5.91. The minimum Gasteiger partial charge on any atom is -0.338 e. The van der Waals surface area contributed by atoms with Crippen molar-refractivity contribution in [3.63, 3.8) is 0 Å². The van der Waals surface area contributed by atoms with E-state index in [9.17, 15) is 4.79 Å². The first-order chi connectivity index (χ1) is 10.3. The van der Waals surface area contributed by atoms with Gasteiger partial charge in [0.2, 0.25) is 0 Å². The van der Waals surface area contributed by atoms with Crippen molar-refractivity contribution in [1.82, 2.24) is 25.2 Å². The van der Waals surface area contributed by atoms with Gasteiger partial charge in [-0.15, -0.1) is 0 Å². The Balaban J connectivity index is 1.58. The summed E-state index contributed by atoms with van der Waals surface area (Å²) in [5.41, 5.74) is 1.71. The van der Waals surface area contributed by atoms with E-state index in [0.717, 1.165) is 43.9 Å². The summed E-state index contributed by atoms with van der Waals surface area (Å²) in [6.45, 7) is 2.43. The second kappa shape index (κ2) is 4.66. The van der Waals surface area contributed by atoms with Gasteiger partial charge in [0.1, 0.15) is 0 Å². The lowest BCUT2D eigenvalue weighted by atomic mass is 10.1. The number of hydrogen-bond acceptors (Lipinski definition) is 4. The molecule has 1 saturated carbocycles. The van der Waals surface area contributed by atoms with Crippen molar-refractivity contribution < 1.29 is 4.79 Å². The van der Waals surface area contributed by atoms with Crippen LogP contribution in [-0.2, 0) is 18.6 Å². The molecule has 0 aromatic carbocycles. The minimum absolute atomic E-state index is 0.105. The predicted molar refractivity (Wildman–Crippen MR) is 76.5 cm³/mol. The van der Waals surface area contributed by atoms with Crippen molar-refractivity contribution in [2.75, 3.05) is 6.54 Å². The van der Waals surface area contributed by atoms with Gasteiger partial charge in [-0.3, -0.25) is 9.78 Å². The summed E-state index contributed by atoms with van der Waals surface area (Å²) in [5, 5.41) is 6.41. The molecule has 2 aliphatic rings. The van der Waals surface area contributed by atoms with Crippen LogP contribution >= 0.6 is 0 Å². The molecular weight excluding hydrogens is 266 g/mol. The van der Waals surface area contributed by atoms with Crippen molar-refractivity contribution in [3.05, 3.63) is 47.8 Å². The Morgan fingerprint density at radius 2 is 2.24 bits per heavy atom. The normalized spacial score (nSPS) is 18.9. The molecule has 0 saturated heterocycles. The van der Waals surface area contributed by atoms with Gasteiger partial charge in [0.05, 0.1) is 23.1 Å². The molecule has 2 N–H and O–H groups in total. The number of imidazole rings is 1. The first kappa shape index (κ1) is 12.5. The van der Waals surface area contributed by atoms with Crippen LogP contribution < -0.4 is 10.6 Å². The smallest absolute Gasteiger partial charge is 0.288 e. The maximum Gasteiger partial charge on any atom is 0.288 e. The quantitative estimate of drug-likeness (QED) is 0.874. The molecule has 3 heterocycles. The van der Waals surface area contributed by atoms with Crippen LogP contribution in [0.3, 0.4) is 0 Å². The topological polar surface area (TPSA) is 71.8 Å². The molecule has 6 heteroatoms. The Morgan fingerprint density at radius 3 is 3.00 bits per heavy atom. The standard InChI is InChI=1S/C15H17N5O/c21-14(13-18-10-11-9-16-7-8-20(11)13)19-15(4-5-15)12-3-1-2-6-17-12/h1-3,6,10,16H,4-5,7-9H2,(H,19,21). The van der Waals surface area contributed by atoms with Crippen LogP contribution in [0.4, 0.5) is 0 Å². The number of nitrogens with one attached hydrogen (secondary N) is 2. The highest BCUT2D eigenvalue weighted by atomic mass is 16.2. The summed E-state index contributed by atoms with van der Waals surface area (Å²) in [5.74, 6) is 0.403. The average Bonchev–Trinajstić information content (AvgIpc) is 3.18. The molecule has 1 amide bonds. The van der Waals surface area contributed by atoms with Crippen molar-refractivity contribution in [1.29, 1.82) is 0 Å². The molecular formula is C15H17N5O. The first-order valence-electron chi connectivity index (χ1n) is 7.28. The largest absolute Gasteiger partial charge is 0.338 e. The number of carbonyl (C=O) groups is 1. The molecule has 2 aromatic heterocycles. The lowest BCUT2D eigenvalue weighted by Crippen LogP contribution is -2.38. The van der Waals surface area contributed by atoms with E-state index in [1.54, 1.807) is 12.4 Å². The number of hydrogen-bond donors (Lipinski definition) is 2. The van der Waals surface area contributed by atoms with Crippen molar-refractivity contribution in [2.45, 2.75) is 31.5 Å². The van der Waals surface area contributed by atoms with E-state index in [1.807, 2.05) is 22.8 Å². The summed E-state index contributed by atoms with van der Waals surface area (Å²) in [6.07, 6.45) is 5.42. The summed E-state index contributed by atoms with van der Waals surface area (Å²) in [6, 6.07) is 5.81. The highest BCUT2D eigenvalue weighted by Gasteiger charge is 2.47. The Kier molecular flexibility index (Phi) is 2.78. The van der Waals surface area contributed by atoms with Crippen LogP contribution in [0.25, 0.3) is 0 Å². The molecule has 4 rings (SSSR count). The summed E-state index contributed by atoms with van der Waals surface area (Å²) >= 11 is 0. The van der Waals surface area contributed by atoms with Crippen LogP contribution in [0.2, 0.25) is 0 Å². The van der Waals surface area contributed by atoms with Gasteiger partial charge in [-0.1, -0.05) is 6.07 Å². The zero-order chi connectivity index (χ0) is 14.3. The van der Waals surface area contributed by atoms with Crippen LogP contribution in [0.5, 0.6) is 0 Å². The Hall–Kier alpha value is -2.21. The number of rotatable bonds is 3. The molecule has 0 radical (unpaired) electrons. The number of aromatic nitrogens is 3. The van der Waals surface area contributed by atoms with Gasteiger partial charge in [-0.25, -0.2) is 4.98 Å². The zero-order valence-corrected chi connectivity index (χ0v) is 11.7. The predicted octanol–water partition coefficient (Wildman–Crippen LogP) is 0.800. The van der Waals surface area contributed by atoms with Crippen molar-refractivity contribution in [2.24, 2.45) is 0 Å². The molecule has 1 aliphatic carbocycles. The van der Waals surface area contributed by atoms with Gasteiger partial charge in [0.15, 0.2) is 5.82 Å². The third-order valence-corrected chi connectivity index (χ3v) is 4.22. The van der Waals surface area contributed by atoms with E-state index in [-0.39, 0.29) is 11.4 Å². The molecule has 21 heavy (non-hydrogen) atoms. The molecule has 0 bridgehead atoms. The molecule has 2 aromatic rings. The average molecular weight is 283 g/mol. The maximum atomic E-state index is 12.6. The van der Waals surface area contributed by atoms with E-state index in [4.69, 9.17) is 0 Å². The van der Waals surface area contributed by atoms with E-state index < -0.39 is 0 Å². The molecule has 6 nitrogen and oxygen atoms in total. The minimum atomic E-state index is -0.294. The third-order valence-electron chi connectivity index (χ3n) is 4.22. The summed E-state index contributed by atoms with van der Waals surface area (Å²) < 4.78 is 2.00. The summed E-state index contributed by atoms with van der Waals surface area (Å²) in [7, 11) is 0. The molecule has 1 fully saturated rings. The SMILES string of the molecule is O=C(NC1(c2ccccn2)CC1)c1ncc2n1CCNC2. The number of fused-ring (bicyclic) bond motifs is 1. The van der Waals surface area contributed by atoms with Crippen LogP contribution in [0, 0.1) is 0 Å². The third kappa shape index (κ3) is 2.12. The fraction of sp³-hybridized carbons (Fsp3) is 0.400. The van der Waals surface area contributed by atoms with Gasteiger partial charge in [-0.2, -0.15) is 0 Å².